The molecular formula is C22H20N2O5. The predicted octanol–water partition coefficient (Wildman–Crippen LogP) is 3.96. The first-order valence-corrected chi connectivity index (χ1v) is 9.15. The lowest BCUT2D eigenvalue weighted by molar-refractivity contribution is -0.126. The first kappa shape index (κ1) is 18.7. The summed E-state index contributed by atoms with van der Waals surface area (Å²) in [5.74, 6) is 2.00. The summed E-state index contributed by atoms with van der Waals surface area (Å²) in [5, 5.41) is 3.55. The molecular weight excluding hydrogens is 372 g/mol. The van der Waals surface area contributed by atoms with Gasteiger partial charge in [0, 0.05) is 29.4 Å². The second-order valence-corrected chi connectivity index (χ2v) is 6.89. The number of ether oxygens (including phenoxy) is 3. The molecule has 1 aliphatic carbocycles. The highest BCUT2D eigenvalue weighted by Crippen LogP contribution is 2.44. The van der Waals surface area contributed by atoms with Crippen molar-refractivity contribution in [1.82, 2.24) is 4.98 Å². The highest BCUT2D eigenvalue weighted by Gasteiger charge is 2.50. The number of amides is 1. The smallest absolute Gasteiger partial charge is 0.237 e. The lowest BCUT2D eigenvalue weighted by atomic mass is 10.1. The Kier molecular flexibility index (Phi) is 4.80. The van der Waals surface area contributed by atoms with Crippen LogP contribution in [0.15, 0.2) is 48.7 Å². The standard InChI is InChI=1S/C22H20N2O5/c1-27-19-11-16-17(12-20(19)28-2)23-9-6-18(16)29-15-5-3-4-14(10-15)24-21(26)22(13-25)7-8-22/h3-6,9-13H,7-8H2,1-2H3,(H,24,26). The van der Waals surface area contributed by atoms with Gasteiger partial charge in [0.15, 0.2) is 11.5 Å². The molecule has 0 bridgehead atoms. The summed E-state index contributed by atoms with van der Waals surface area (Å²) in [5.41, 5.74) is 0.401. The minimum atomic E-state index is -0.867. The number of aromatic nitrogens is 1. The van der Waals surface area contributed by atoms with Crippen molar-refractivity contribution in [2.75, 3.05) is 19.5 Å². The minimum Gasteiger partial charge on any atom is -0.493 e. The zero-order chi connectivity index (χ0) is 20.4. The van der Waals surface area contributed by atoms with E-state index in [9.17, 15) is 9.59 Å². The van der Waals surface area contributed by atoms with Crippen LogP contribution in [0.2, 0.25) is 0 Å². The molecule has 1 fully saturated rings. The van der Waals surface area contributed by atoms with Crippen molar-refractivity contribution in [2.45, 2.75) is 12.8 Å². The molecule has 1 heterocycles. The Morgan fingerprint density at radius 1 is 1.07 bits per heavy atom. The van der Waals surface area contributed by atoms with E-state index < -0.39 is 5.41 Å². The molecule has 0 radical (unpaired) electrons. The number of benzene rings is 2. The highest BCUT2D eigenvalue weighted by molar-refractivity contribution is 6.07. The van der Waals surface area contributed by atoms with Gasteiger partial charge in [-0.2, -0.15) is 0 Å². The molecule has 1 aliphatic rings. The molecule has 148 valence electrons. The molecule has 1 aromatic heterocycles. The number of methoxy groups -OCH3 is 2. The molecule has 29 heavy (non-hydrogen) atoms. The number of nitrogens with one attached hydrogen (secondary N) is 1. The van der Waals surface area contributed by atoms with Gasteiger partial charge >= 0.3 is 0 Å². The van der Waals surface area contributed by atoms with E-state index in [2.05, 4.69) is 10.3 Å². The zero-order valence-electron chi connectivity index (χ0n) is 16.1. The number of fused-ring (bicyclic) bond motifs is 1. The molecule has 3 aromatic rings. The van der Waals surface area contributed by atoms with Crippen molar-refractivity contribution >= 4 is 28.8 Å². The number of hydrogen-bond acceptors (Lipinski definition) is 6. The van der Waals surface area contributed by atoms with Crippen molar-refractivity contribution < 1.29 is 23.8 Å². The van der Waals surface area contributed by atoms with Gasteiger partial charge < -0.3 is 24.3 Å². The molecule has 7 nitrogen and oxygen atoms in total. The molecule has 0 aliphatic heterocycles. The molecule has 0 atom stereocenters. The van der Waals surface area contributed by atoms with Crippen molar-refractivity contribution in [2.24, 2.45) is 5.41 Å². The number of rotatable bonds is 7. The normalized spacial score (nSPS) is 14.1. The van der Waals surface area contributed by atoms with Crippen LogP contribution >= 0.6 is 0 Å². The molecule has 7 heteroatoms. The lowest BCUT2D eigenvalue weighted by Crippen LogP contribution is -2.25. The van der Waals surface area contributed by atoms with Gasteiger partial charge in [-0.15, -0.1) is 0 Å². The van der Waals surface area contributed by atoms with Gasteiger partial charge in [-0.1, -0.05) is 6.07 Å². The average Bonchev–Trinajstić information content (AvgIpc) is 3.55. The number of nitrogens with zero attached hydrogens (tertiary/aromatic N) is 1. The van der Waals surface area contributed by atoms with Gasteiger partial charge in [0.05, 0.1) is 19.7 Å². The van der Waals surface area contributed by atoms with E-state index in [1.807, 2.05) is 6.07 Å². The maximum absolute atomic E-state index is 12.3. The highest BCUT2D eigenvalue weighted by atomic mass is 16.5. The molecule has 4 rings (SSSR count). The minimum absolute atomic E-state index is 0.282. The fourth-order valence-corrected chi connectivity index (χ4v) is 3.09. The molecule has 2 aromatic carbocycles. The third-order valence-corrected chi connectivity index (χ3v) is 4.99. The fourth-order valence-electron chi connectivity index (χ4n) is 3.09. The molecule has 1 N–H and O–H groups in total. The molecule has 1 saturated carbocycles. The molecule has 0 saturated heterocycles. The zero-order valence-corrected chi connectivity index (χ0v) is 16.1. The van der Waals surface area contributed by atoms with Gasteiger partial charge in [0.1, 0.15) is 23.2 Å². The van der Waals surface area contributed by atoms with Crippen LogP contribution in [0.3, 0.4) is 0 Å². The third-order valence-electron chi connectivity index (χ3n) is 4.99. The van der Waals surface area contributed by atoms with E-state index >= 15 is 0 Å². The number of anilines is 1. The first-order chi connectivity index (χ1) is 14.1. The second kappa shape index (κ2) is 7.43. The Bertz CT molecular complexity index is 1090. The predicted molar refractivity (Wildman–Crippen MR) is 108 cm³/mol. The maximum atomic E-state index is 12.3. The topological polar surface area (TPSA) is 86.8 Å². The van der Waals surface area contributed by atoms with E-state index in [0.717, 1.165) is 11.7 Å². The molecule has 0 spiro atoms. The monoisotopic (exact) mass is 392 g/mol. The Balaban J connectivity index is 1.62. The summed E-state index contributed by atoms with van der Waals surface area (Å²) in [6, 6.07) is 12.4. The van der Waals surface area contributed by atoms with Crippen molar-refractivity contribution in [1.29, 1.82) is 0 Å². The van der Waals surface area contributed by atoms with Gasteiger partial charge in [-0.3, -0.25) is 9.78 Å². The van der Waals surface area contributed by atoms with E-state index in [-0.39, 0.29) is 5.91 Å². The molecule has 0 unspecified atom stereocenters. The number of aldehydes is 1. The number of pyridine rings is 1. The number of carbonyl (C=O) groups is 2. The lowest BCUT2D eigenvalue weighted by Gasteiger charge is -2.13. The van der Waals surface area contributed by atoms with Crippen LogP contribution in [0.25, 0.3) is 10.9 Å². The Labute approximate surface area is 167 Å². The van der Waals surface area contributed by atoms with Crippen LogP contribution in [-0.2, 0) is 9.59 Å². The maximum Gasteiger partial charge on any atom is 0.237 e. The van der Waals surface area contributed by atoms with Crippen molar-refractivity contribution in [3.8, 4) is 23.0 Å². The summed E-state index contributed by atoms with van der Waals surface area (Å²) >= 11 is 0. The van der Waals surface area contributed by atoms with Gasteiger partial charge in [0.25, 0.3) is 0 Å². The van der Waals surface area contributed by atoms with Crippen LogP contribution in [0.5, 0.6) is 23.0 Å². The first-order valence-electron chi connectivity index (χ1n) is 9.15. The Morgan fingerprint density at radius 2 is 1.83 bits per heavy atom. The number of carbonyl (C=O) groups excluding carboxylic acids is 2. The quantitative estimate of drug-likeness (QED) is 0.484. The SMILES string of the molecule is COc1cc2nccc(Oc3cccc(NC(=O)C4(C=O)CC4)c3)c2cc1OC. The van der Waals surface area contributed by atoms with Crippen LogP contribution in [0.1, 0.15) is 12.8 Å². The largest absolute Gasteiger partial charge is 0.493 e. The number of hydrogen-bond donors (Lipinski definition) is 1. The second-order valence-electron chi connectivity index (χ2n) is 6.89. The van der Waals surface area contributed by atoms with E-state index in [1.54, 1.807) is 56.8 Å². The third kappa shape index (κ3) is 3.59. The van der Waals surface area contributed by atoms with E-state index in [4.69, 9.17) is 14.2 Å². The average molecular weight is 392 g/mol. The van der Waals surface area contributed by atoms with Crippen molar-refractivity contribution in [3.63, 3.8) is 0 Å². The van der Waals surface area contributed by atoms with E-state index in [1.165, 1.54) is 0 Å². The van der Waals surface area contributed by atoms with Crippen LogP contribution in [0.4, 0.5) is 5.69 Å². The fraction of sp³-hybridized carbons (Fsp3) is 0.227. The summed E-state index contributed by atoms with van der Waals surface area (Å²) in [7, 11) is 3.14. The Morgan fingerprint density at radius 3 is 2.52 bits per heavy atom. The van der Waals surface area contributed by atoms with Crippen LogP contribution in [-0.4, -0.2) is 31.4 Å². The van der Waals surface area contributed by atoms with Gasteiger partial charge in [-0.05, 0) is 37.1 Å². The molecule has 1 amide bonds. The summed E-state index contributed by atoms with van der Waals surface area (Å²) in [4.78, 5) is 27.8. The Hall–Kier alpha value is -3.61. The van der Waals surface area contributed by atoms with Crippen molar-refractivity contribution in [3.05, 3.63) is 48.7 Å². The summed E-state index contributed by atoms with van der Waals surface area (Å²) in [6.07, 6.45) is 3.56. The van der Waals surface area contributed by atoms with Crippen LogP contribution < -0.4 is 19.5 Å². The summed E-state index contributed by atoms with van der Waals surface area (Å²) < 4.78 is 16.8. The van der Waals surface area contributed by atoms with Gasteiger partial charge in [-0.25, -0.2) is 0 Å². The van der Waals surface area contributed by atoms with E-state index in [0.29, 0.717) is 47.0 Å². The van der Waals surface area contributed by atoms with Crippen LogP contribution in [0, 0.1) is 5.41 Å². The van der Waals surface area contributed by atoms with Gasteiger partial charge in [0.2, 0.25) is 5.91 Å². The summed E-state index contributed by atoms with van der Waals surface area (Å²) in [6.45, 7) is 0.